The lowest BCUT2D eigenvalue weighted by Crippen LogP contribution is -2.42. The van der Waals surface area contributed by atoms with E-state index in [-0.39, 0.29) is 12.0 Å². The molecular weight excluding hydrogens is 194 g/mol. The van der Waals surface area contributed by atoms with Gasteiger partial charge in [0, 0.05) is 26.2 Å². The maximum atomic E-state index is 11.1. The first-order chi connectivity index (χ1) is 7.17. The maximum Gasteiger partial charge on any atom is 0.307 e. The van der Waals surface area contributed by atoms with E-state index in [1.54, 1.807) is 7.11 Å². The molecule has 1 fully saturated rings. The molecule has 0 aliphatic carbocycles. The minimum Gasteiger partial charge on any atom is -0.469 e. The molecule has 0 aromatic heterocycles. The van der Waals surface area contributed by atoms with Crippen LogP contribution in [0.4, 0.5) is 0 Å². The van der Waals surface area contributed by atoms with Crippen LogP contribution in [-0.2, 0) is 14.3 Å². The van der Waals surface area contributed by atoms with Crippen LogP contribution in [0.5, 0.6) is 0 Å². The van der Waals surface area contributed by atoms with Crippen LogP contribution in [-0.4, -0.2) is 50.3 Å². The number of piperidine rings is 1. The highest BCUT2D eigenvalue weighted by molar-refractivity contribution is 5.69. The Morgan fingerprint density at radius 1 is 1.40 bits per heavy atom. The van der Waals surface area contributed by atoms with Crippen LogP contribution in [0, 0.1) is 0 Å². The molecule has 4 nitrogen and oxygen atoms in total. The van der Waals surface area contributed by atoms with Crippen molar-refractivity contribution in [2.45, 2.75) is 38.3 Å². The summed E-state index contributed by atoms with van der Waals surface area (Å²) in [6.07, 6.45) is 2.99. The Balaban J connectivity index is 2.29. The molecular formula is C11H21NO3. The number of likely N-dealkylation sites (tertiary alicyclic amines) is 1. The Kier molecular flexibility index (Phi) is 5.05. The van der Waals surface area contributed by atoms with E-state index in [9.17, 15) is 4.79 Å². The number of rotatable bonds is 4. The molecule has 15 heavy (non-hydrogen) atoms. The van der Waals surface area contributed by atoms with Crippen LogP contribution in [0.1, 0.15) is 26.2 Å². The third-order valence-electron chi connectivity index (χ3n) is 3.12. The molecule has 0 spiro atoms. The lowest BCUT2D eigenvalue weighted by molar-refractivity contribution is -0.142. The van der Waals surface area contributed by atoms with Gasteiger partial charge in [0.25, 0.3) is 0 Å². The first-order valence-corrected chi connectivity index (χ1v) is 5.51. The van der Waals surface area contributed by atoms with E-state index >= 15 is 0 Å². The molecule has 0 aromatic rings. The van der Waals surface area contributed by atoms with Crippen LogP contribution in [0.3, 0.4) is 0 Å². The molecule has 1 rings (SSSR count). The van der Waals surface area contributed by atoms with Gasteiger partial charge in [-0.05, 0) is 19.8 Å². The van der Waals surface area contributed by atoms with Crippen molar-refractivity contribution >= 4 is 5.97 Å². The van der Waals surface area contributed by atoms with Gasteiger partial charge < -0.3 is 9.47 Å². The Bertz CT molecular complexity index is 200. The highest BCUT2D eigenvalue weighted by Crippen LogP contribution is 2.16. The lowest BCUT2D eigenvalue weighted by atomic mass is 10.0. The van der Waals surface area contributed by atoms with Gasteiger partial charge in [0.2, 0.25) is 0 Å². The van der Waals surface area contributed by atoms with Crippen molar-refractivity contribution in [3.8, 4) is 0 Å². The second-order valence-corrected chi connectivity index (χ2v) is 4.10. The predicted molar refractivity (Wildman–Crippen MR) is 57.7 cm³/mol. The van der Waals surface area contributed by atoms with Crippen molar-refractivity contribution in [1.29, 1.82) is 0 Å². The SMILES string of the molecule is COC(=O)CC(C)N1CCC(OC)CC1. The Morgan fingerprint density at radius 2 is 2.00 bits per heavy atom. The number of hydrogen-bond acceptors (Lipinski definition) is 4. The number of ether oxygens (including phenoxy) is 2. The van der Waals surface area contributed by atoms with Gasteiger partial charge in [0.1, 0.15) is 0 Å². The number of hydrogen-bond donors (Lipinski definition) is 0. The topological polar surface area (TPSA) is 38.8 Å². The van der Waals surface area contributed by atoms with Crippen LogP contribution in [0.15, 0.2) is 0 Å². The van der Waals surface area contributed by atoms with Crippen molar-refractivity contribution in [1.82, 2.24) is 4.90 Å². The van der Waals surface area contributed by atoms with Crippen molar-refractivity contribution in [3.05, 3.63) is 0 Å². The van der Waals surface area contributed by atoms with E-state index in [0.717, 1.165) is 25.9 Å². The van der Waals surface area contributed by atoms with E-state index in [0.29, 0.717) is 12.5 Å². The molecule has 1 unspecified atom stereocenters. The normalized spacial score (nSPS) is 21.3. The fraction of sp³-hybridized carbons (Fsp3) is 0.909. The number of carbonyl (C=O) groups excluding carboxylic acids is 1. The lowest BCUT2D eigenvalue weighted by Gasteiger charge is -2.35. The summed E-state index contributed by atoms with van der Waals surface area (Å²) in [6, 6.07) is 0.273. The molecule has 4 heteroatoms. The molecule has 0 aromatic carbocycles. The summed E-state index contributed by atoms with van der Waals surface area (Å²) in [5.74, 6) is -0.128. The molecule has 1 aliphatic heterocycles. The minimum absolute atomic E-state index is 0.128. The molecule has 0 radical (unpaired) electrons. The third-order valence-corrected chi connectivity index (χ3v) is 3.12. The van der Waals surface area contributed by atoms with Crippen molar-refractivity contribution in [2.75, 3.05) is 27.3 Å². The van der Waals surface area contributed by atoms with Gasteiger partial charge in [0.15, 0.2) is 0 Å². The standard InChI is InChI=1S/C11H21NO3/c1-9(8-11(13)15-3)12-6-4-10(14-2)5-7-12/h9-10H,4-8H2,1-3H3. The van der Waals surface area contributed by atoms with Gasteiger partial charge in [-0.15, -0.1) is 0 Å². The zero-order chi connectivity index (χ0) is 11.3. The summed E-state index contributed by atoms with van der Waals surface area (Å²) in [5, 5.41) is 0. The van der Waals surface area contributed by atoms with Crippen molar-refractivity contribution in [3.63, 3.8) is 0 Å². The fourth-order valence-electron chi connectivity index (χ4n) is 2.01. The Labute approximate surface area is 91.5 Å². The van der Waals surface area contributed by atoms with Gasteiger partial charge >= 0.3 is 5.97 Å². The maximum absolute atomic E-state index is 11.1. The quantitative estimate of drug-likeness (QED) is 0.657. The van der Waals surface area contributed by atoms with E-state index in [1.165, 1.54) is 7.11 Å². The van der Waals surface area contributed by atoms with E-state index < -0.39 is 0 Å². The number of methoxy groups -OCH3 is 2. The zero-order valence-corrected chi connectivity index (χ0v) is 9.86. The van der Waals surface area contributed by atoms with Crippen molar-refractivity contribution < 1.29 is 14.3 Å². The predicted octanol–water partition coefficient (Wildman–Crippen LogP) is 1.05. The average Bonchev–Trinajstić information content (AvgIpc) is 2.29. The Hall–Kier alpha value is -0.610. The second-order valence-electron chi connectivity index (χ2n) is 4.10. The smallest absolute Gasteiger partial charge is 0.307 e. The van der Waals surface area contributed by atoms with E-state index in [1.807, 2.05) is 0 Å². The molecule has 1 heterocycles. The molecule has 0 saturated carbocycles. The highest BCUT2D eigenvalue weighted by atomic mass is 16.5. The number of nitrogens with zero attached hydrogens (tertiary/aromatic N) is 1. The summed E-state index contributed by atoms with van der Waals surface area (Å²) >= 11 is 0. The second kappa shape index (κ2) is 6.08. The average molecular weight is 215 g/mol. The highest BCUT2D eigenvalue weighted by Gasteiger charge is 2.23. The van der Waals surface area contributed by atoms with Gasteiger partial charge in [0.05, 0.1) is 19.6 Å². The van der Waals surface area contributed by atoms with Crippen LogP contribution >= 0.6 is 0 Å². The first-order valence-electron chi connectivity index (χ1n) is 5.51. The number of carbonyl (C=O) groups is 1. The Morgan fingerprint density at radius 3 is 2.47 bits per heavy atom. The van der Waals surface area contributed by atoms with Gasteiger partial charge in [-0.1, -0.05) is 0 Å². The van der Waals surface area contributed by atoms with Crippen LogP contribution < -0.4 is 0 Å². The molecule has 1 aliphatic rings. The van der Waals surface area contributed by atoms with Crippen molar-refractivity contribution in [2.24, 2.45) is 0 Å². The summed E-state index contributed by atoms with van der Waals surface area (Å²) in [4.78, 5) is 13.4. The van der Waals surface area contributed by atoms with Gasteiger partial charge in [-0.2, -0.15) is 0 Å². The molecule has 0 N–H and O–H groups in total. The number of esters is 1. The van der Waals surface area contributed by atoms with Crippen LogP contribution in [0.25, 0.3) is 0 Å². The molecule has 1 atom stereocenters. The largest absolute Gasteiger partial charge is 0.469 e. The van der Waals surface area contributed by atoms with E-state index in [4.69, 9.17) is 4.74 Å². The summed E-state index contributed by atoms with van der Waals surface area (Å²) in [5.41, 5.74) is 0. The first kappa shape index (κ1) is 12.5. The summed E-state index contributed by atoms with van der Waals surface area (Å²) in [6.45, 7) is 4.09. The van der Waals surface area contributed by atoms with E-state index in [2.05, 4.69) is 16.6 Å². The fourth-order valence-corrected chi connectivity index (χ4v) is 2.01. The van der Waals surface area contributed by atoms with Gasteiger partial charge in [-0.25, -0.2) is 0 Å². The minimum atomic E-state index is -0.128. The molecule has 0 bridgehead atoms. The van der Waals surface area contributed by atoms with Gasteiger partial charge in [-0.3, -0.25) is 9.69 Å². The summed E-state index contributed by atoms with van der Waals surface area (Å²) < 4.78 is 9.97. The monoisotopic (exact) mass is 215 g/mol. The van der Waals surface area contributed by atoms with Crippen LogP contribution in [0.2, 0.25) is 0 Å². The zero-order valence-electron chi connectivity index (χ0n) is 9.86. The third kappa shape index (κ3) is 3.80. The molecule has 88 valence electrons. The molecule has 0 amide bonds. The molecule has 1 saturated heterocycles. The summed E-state index contributed by atoms with van der Waals surface area (Å²) in [7, 11) is 3.20.